The van der Waals surface area contributed by atoms with Gasteiger partial charge in [-0.3, -0.25) is 0 Å². The summed E-state index contributed by atoms with van der Waals surface area (Å²) in [6.07, 6.45) is 0. The van der Waals surface area contributed by atoms with E-state index < -0.39 is 0 Å². The van der Waals surface area contributed by atoms with Crippen LogP contribution in [0.25, 0.3) is 0 Å². The van der Waals surface area contributed by atoms with Gasteiger partial charge in [0.05, 0.1) is 14.2 Å². The molecule has 60 valence electrons. The number of ether oxygens (including phenoxy) is 2. The smallest absolute Gasteiger partial charge is 0.141 e. The predicted molar refractivity (Wildman–Crippen MR) is 44.6 cm³/mol. The second-order valence-electron chi connectivity index (χ2n) is 1.98. The van der Waals surface area contributed by atoms with Gasteiger partial charge in [-0.25, -0.2) is 0 Å². The van der Waals surface area contributed by atoms with Gasteiger partial charge in [-0.1, -0.05) is 17.7 Å². The van der Waals surface area contributed by atoms with E-state index in [2.05, 4.69) is 0 Å². The highest BCUT2D eigenvalue weighted by molar-refractivity contribution is 6.33. The highest BCUT2D eigenvalue weighted by Crippen LogP contribution is 2.32. The Kier molecular flexibility index (Phi) is 2.60. The Morgan fingerprint density at radius 1 is 1.09 bits per heavy atom. The van der Waals surface area contributed by atoms with Crippen molar-refractivity contribution in [2.75, 3.05) is 14.2 Å². The van der Waals surface area contributed by atoms with E-state index in [9.17, 15) is 0 Å². The molecule has 0 aliphatic carbocycles. The first-order valence-electron chi connectivity index (χ1n) is 3.16. The van der Waals surface area contributed by atoms with Gasteiger partial charge in [-0.15, -0.1) is 0 Å². The SMILES string of the molecule is COc1cccc(OC)c1Cl. The Morgan fingerprint density at radius 2 is 1.55 bits per heavy atom. The standard InChI is InChI=1S/C8H9ClO2/c1-10-6-4-3-5-7(11-2)8(6)9/h3-5H,1-2H3. The van der Waals surface area contributed by atoms with Gasteiger partial charge in [-0.2, -0.15) is 0 Å². The van der Waals surface area contributed by atoms with Gasteiger partial charge in [0.1, 0.15) is 16.5 Å². The lowest BCUT2D eigenvalue weighted by molar-refractivity contribution is 0.395. The van der Waals surface area contributed by atoms with Crippen molar-refractivity contribution >= 4 is 11.6 Å². The van der Waals surface area contributed by atoms with Crippen molar-refractivity contribution < 1.29 is 9.47 Å². The summed E-state index contributed by atoms with van der Waals surface area (Å²) in [7, 11) is 3.14. The number of hydrogen-bond acceptors (Lipinski definition) is 2. The molecule has 0 unspecified atom stereocenters. The van der Waals surface area contributed by atoms with Crippen LogP contribution in [-0.4, -0.2) is 14.2 Å². The molecule has 0 N–H and O–H groups in total. The van der Waals surface area contributed by atoms with E-state index >= 15 is 0 Å². The molecule has 0 fully saturated rings. The van der Waals surface area contributed by atoms with Gasteiger partial charge in [0.25, 0.3) is 0 Å². The van der Waals surface area contributed by atoms with Crippen LogP contribution in [0, 0.1) is 0 Å². The van der Waals surface area contributed by atoms with Crippen LogP contribution >= 0.6 is 11.6 Å². The maximum Gasteiger partial charge on any atom is 0.141 e. The molecule has 0 radical (unpaired) electrons. The summed E-state index contributed by atoms with van der Waals surface area (Å²) in [5.41, 5.74) is 0. The zero-order valence-corrected chi connectivity index (χ0v) is 7.18. The average molecular weight is 173 g/mol. The number of benzene rings is 1. The Labute approximate surface area is 70.7 Å². The van der Waals surface area contributed by atoms with E-state index in [0.29, 0.717) is 16.5 Å². The third-order valence-electron chi connectivity index (χ3n) is 1.37. The highest BCUT2D eigenvalue weighted by atomic mass is 35.5. The van der Waals surface area contributed by atoms with Gasteiger partial charge in [0, 0.05) is 0 Å². The maximum atomic E-state index is 5.86. The monoisotopic (exact) mass is 172 g/mol. The minimum absolute atomic E-state index is 0.512. The highest BCUT2D eigenvalue weighted by Gasteiger charge is 2.04. The molecule has 0 aromatic heterocycles. The number of methoxy groups -OCH3 is 2. The molecule has 1 aromatic rings. The third kappa shape index (κ3) is 1.57. The topological polar surface area (TPSA) is 18.5 Å². The van der Waals surface area contributed by atoms with Gasteiger partial charge >= 0.3 is 0 Å². The average Bonchev–Trinajstić information content (AvgIpc) is 2.05. The van der Waals surface area contributed by atoms with E-state index in [1.165, 1.54) is 0 Å². The Balaban J connectivity index is 3.10. The van der Waals surface area contributed by atoms with Crippen LogP contribution in [0.3, 0.4) is 0 Å². The van der Waals surface area contributed by atoms with E-state index in [0.717, 1.165) is 0 Å². The summed E-state index contributed by atoms with van der Waals surface area (Å²) in [6, 6.07) is 5.39. The van der Waals surface area contributed by atoms with E-state index in [1.807, 2.05) is 6.07 Å². The van der Waals surface area contributed by atoms with E-state index in [4.69, 9.17) is 21.1 Å². The summed E-state index contributed by atoms with van der Waals surface area (Å²) in [6.45, 7) is 0. The number of halogens is 1. The minimum Gasteiger partial charge on any atom is -0.495 e. The van der Waals surface area contributed by atoms with Crippen LogP contribution in [0.5, 0.6) is 11.5 Å². The summed E-state index contributed by atoms with van der Waals surface area (Å²) < 4.78 is 9.95. The summed E-state index contributed by atoms with van der Waals surface area (Å²) in [5, 5.41) is 0.512. The second-order valence-corrected chi connectivity index (χ2v) is 2.35. The lowest BCUT2D eigenvalue weighted by Gasteiger charge is -2.06. The van der Waals surface area contributed by atoms with Crippen molar-refractivity contribution in [1.29, 1.82) is 0 Å². The Hall–Kier alpha value is -0.890. The van der Waals surface area contributed by atoms with Gasteiger partial charge in [0.2, 0.25) is 0 Å². The molecule has 3 heteroatoms. The van der Waals surface area contributed by atoms with E-state index in [1.54, 1.807) is 26.4 Å². The Morgan fingerprint density at radius 3 is 1.91 bits per heavy atom. The second kappa shape index (κ2) is 3.49. The van der Waals surface area contributed by atoms with Gasteiger partial charge < -0.3 is 9.47 Å². The molecule has 0 aliphatic heterocycles. The lowest BCUT2D eigenvalue weighted by atomic mass is 10.3. The number of hydrogen-bond donors (Lipinski definition) is 0. The van der Waals surface area contributed by atoms with Crippen LogP contribution in [0.2, 0.25) is 5.02 Å². The van der Waals surface area contributed by atoms with Crippen LogP contribution in [-0.2, 0) is 0 Å². The third-order valence-corrected chi connectivity index (χ3v) is 1.74. The van der Waals surface area contributed by atoms with Crippen LogP contribution in [0.1, 0.15) is 0 Å². The van der Waals surface area contributed by atoms with Crippen LogP contribution < -0.4 is 9.47 Å². The maximum absolute atomic E-state index is 5.86. The molecule has 0 heterocycles. The van der Waals surface area contributed by atoms with E-state index in [-0.39, 0.29) is 0 Å². The molecule has 0 aliphatic rings. The molecule has 0 saturated carbocycles. The molecular formula is C8H9ClO2. The van der Waals surface area contributed by atoms with Crippen LogP contribution in [0.15, 0.2) is 18.2 Å². The molecule has 1 rings (SSSR count). The Bertz CT molecular complexity index is 226. The first-order chi connectivity index (χ1) is 5.29. The molecular weight excluding hydrogens is 164 g/mol. The molecule has 0 spiro atoms. The quantitative estimate of drug-likeness (QED) is 0.682. The van der Waals surface area contributed by atoms with Crippen molar-refractivity contribution in [2.24, 2.45) is 0 Å². The molecule has 2 nitrogen and oxygen atoms in total. The van der Waals surface area contributed by atoms with Gasteiger partial charge in [0.15, 0.2) is 0 Å². The van der Waals surface area contributed by atoms with Crippen molar-refractivity contribution in [3.05, 3.63) is 23.2 Å². The summed E-state index contributed by atoms with van der Waals surface area (Å²) in [5.74, 6) is 1.26. The zero-order chi connectivity index (χ0) is 8.27. The molecule has 0 amide bonds. The molecule has 1 aromatic carbocycles. The van der Waals surface area contributed by atoms with Gasteiger partial charge in [-0.05, 0) is 12.1 Å². The fourth-order valence-corrected chi connectivity index (χ4v) is 1.09. The minimum atomic E-state index is 0.512. The van der Waals surface area contributed by atoms with Crippen molar-refractivity contribution in [3.63, 3.8) is 0 Å². The van der Waals surface area contributed by atoms with Crippen molar-refractivity contribution in [1.82, 2.24) is 0 Å². The fraction of sp³-hybridized carbons (Fsp3) is 0.250. The van der Waals surface area contributed by atoms with Crippen LogP contribution in [0.4, 0.5) is 0 Å². The first-order valence-corrected chi connectivity index (χ1v) is 3.54. The first kappa shape index (κ1) is 8.21. The fourth-order valence-electron chi connectivity index (χ4n) is 0.806. The predicted octanol–water partition coefficient (Wildman–Crippen LogP) is 2.36. The van der Waals surface area contributed by atoms with Crippen molar-refractivity contribution in [2.45, 2.75) is 0 Å². The van der Waals surface area contributed by atoms with Crippen molar-refractivity contribution in [3.8, 4) is 11.5 Å². The largest absolute Gasteiger partial charge is 0.495 e. The lowest BCUT2D eigenvalue weighted by Crippen LogP contribution is -1.87. The molecule has 0 bridgehead atoms. The molecule has 0 atom stereocenters. The number of rotatable bonds is 2. The summed E-state index contributed by atoms with van der Waals surface area (Å²) >= 11 is 5.86. The normalized spacial score (nSPS) is 9.36. The zero-order valence-electron chi connectivity index (χ0n) is 6.43. The molecule has 11 heavy (non-hydrogen) atoms. The molecule has 0 saturated heterocycles. The summed E-state index contributed by atoms with van der Waals surface area (Å²) in [4.78, 5) is 0.